The zero-order valence-corrected chi connectivity index (χ0v) is 38.5. The van der Waals surface area contributed by atoms with Gasteiger partial charge in [-0.2, -0.15) is 0 Å². The Morgan fingerprint density at radius 2 is 0.686 bits per heavy atom. The monoisotopic (exact) mass is 890 g/mol. The maximum atomic E-state index is 2.41. The zero-order chi connectivity index (χ0) is 46.4. The average molecular weight is 891 g/mol. The van der Waals surface area contributed by atoms with Crippen molar-refractivity contribution in [1.82, 2.24) is 4.57 Å². The van der Waals surface area contributed by atoms with Crippen LogP contribution in [0.4, 0.5) is 17.1 Å². The summed E-state index contributed by atoms with van der Waals surface area (Å²) >= 11 is 0. The third-order valence-corrected chi connectivity index (χ3v) is 14.0. The van der Waals surface area contributed by atoms with Gasteiger partial charge in [0.15, 0.2) is 0 Å². The number of nitrogens with zero attached hydrogens (tertiary/aromatic N) is 2. The first-order chi connectivity index (χ1) is 34.7. The van der Waals surface area contributed by atoms with E-state index in [4.69, 9.17) is 0 Å². The Balaban J connectivity index is 0.869. The molecule has 13 rings (SSSR count). The Labute approximate surface area is 408 Å². The molecule has 13 aromatic rings. The van der Waals surface area contributed by atoms with Gasteiger partial charge in [-0.1, -0.05) is 224 Å². The summed E-state index contributed by atoms with van der Waals surface area (Å²) in [6, 6.07) is 102. The van der Waals surface area contributed by atoms with E-state index in [0.29, 0.717) is 0 Å². The van der Waals surface area contributed by atoms with Crippen molar-refractivity contribution in [2.24, 2.45) is 0 Å². The van der Waals surface area contributed by atoms with Gasteiger partial charge >= 0.3 is 0 Å². The third kappa shape index (κ3) is 7.22. The molecule has 70 heavy (non-hydrogen) atoms. The molecular weight excluding hydrogens is 845 g/mol. The lowest BCUT2D eigenvalue weighted by atomic mass is 9.91. The lowest BCUT2D eigenvalue weighted by molar-refractivity contribution is 1.18. The first kappa shape index (κ1) is 41.0. The molecule has 0 aliphatic carbocycles. The predicted octanol–water partition coefficient (Wildman–Crippen LogP) is 18.9. The number of fused-ring (bicyclic) bond motifs is 5. The molecule has 0 N–H and O–H groups in total. The van der Waals surface area contributed by atoms with E-state index in [9.17, 15) is 0 Å². The van der Waals surface area contributed by atoms with Crippen molar-refractivity contribution in [2.75, 3.05) is 4.90 Å². The van der Waals surface area contributed by atoms with Gasteiger partial charge in [0.1, 0.15) is 0 Å². The van der Waals surface area contributed by atoms with Crippen molar-refractivity contribution >= 4 is 60.4 Å². The molecule has 0 atom stereocenters. The van der Waals surface area contributed by atoms with E-state index < -0.39 is 0 Å². The van der Waals surface area contributed by atoms with Gasteiger partial charge in [0, 0.05) is 33.2 Å². The maximum absolute atomic E-state index is 2.41. The van der Waals surface area contributed by atoms with Crippen LogP contribution in [0.25, 0.3) is 105 Å². The number of aromatic nitrogens is 1. The standard InChI is InChI=1S/C68H46N2/c1-3-16-50(17-4-1)58-44-45-67(62-25-8-7-24-61(58)62)69(56-42-38-52(39-43-56)60-29-15-21-53-20-14-28-59(68(53)60)51-18-5-2-6-19-51)55-40-36-48(37-41-55)47-32-34-49(35-33-47)54-22-13-23-57(46-54)70-65-30-11-9-26-63(65)64-27-10-12-31-66(64)70/h1-46H. The predicted molar refractivity (Wildman–Crippen MR) is 298 cm³/mol. The molecule has 0 bridgehead atoms. The van der Waals surface area contributed by atoms with Crippen LogP contribution in [-0.4, -0.2) is 4.57 Å². The van der Waals surface area contributed by atoms with Gasteiger partial charge in [0.2, 0.25) is 0 Å². The van der Waals surface area contributed by atoms with E-state index in [1.54, 1.807) is 0 Å². The van der Waals surface area contributed by atoms with Crippen LogP contribution in [0.3, 0.4) is 0 Å². The fourth-order valence-electron chi connectivity index (χ4n) is 10.7. The van der Waals surface area contributed by atoms with Gasteiger partial charge in [-0.25, -0.2) is 0 Å². The largest absolute Gasteiger partial charge is 0.310 e. The van der Waals surface area contributed by atoms with Crippen molar-refractivity contribution in [2.45, 2.75) is 0 Å². The Morgan fingerprint density at radius 1 is 0.257 bits per heavy atom. The molecule has 0 aliphatic heterocycles. The summed E-state index contributed by atoms with van der Waals surface area (Å²) in [4.78, 5) is 2.41. The van der Waals surface area contributed by atoms with E-state index in [0.717, 1.165) is 22.7 Å². The number of anilines is 3. The van der Waals surface area contributed by atoms with Gasteiger partial charge < -0.3 is 9.47 Å². The molecule has 0 unspecified atom stereocenters. The van der Waals surface area contributed by atoms with Crippen molar-refractivity contribution in [3.05, 3.63) is 279 Å². The Kier molecular flexibility index (Phi) is 10.2. The van der Waals surface area contributed by atoms with E-state index in [2.05, 4.69) is 289 Å². The van der Waals surface area contributed by atoms with Crippen LogP contribution in [0.1, 0.15) is 0 Å². The van der Waals surface area contributed by atoms with Gasteiger partial charge in [0.25, 0.3) is 0 Å². The smallest absolute Gasteiger partial charge is 0.0541 e. The third-order valence-electron chi connectivity index (χ3n) is 14.0. The second-order valence-electron chi connectivity index (χ2n) is 18.0. The van der Waals surface area contributed by atoms with Crippen molar-refractivity contribution < 1.29 is 0 Å². The maximum Gasteiger partial charge on any atom is 0.0541 e. The van der Waals surface area contributed by atoms with Gasteiger partial charge in [-0.3, -0.25) is 0 Å². The molecule has 328 valence electrons. The Bertz CT molecular complexity index is 3960. The lowest BCUT2D eigenvalue weighted by Gasteiger charge is -2.28. The molecule has 0 spiro atoms. The van der Waals surface area contributed by atoms with Gasteiger partial charge in [-0.05, 0) is 126 Å². The summed E-state index contributed by atoms with van der Waals surface area (Å²) in [5.74, 6) is 0. The number of para-hydroxylation sites is 2. The quantitative estimate of drug-likeness (QED) is 0.140. The van der Waals surface area contributed by atoms with Crippen LogP contribution >= 0.6 is 0 Å². The molecule has 0 aliphatic rings. The summed E-state index contributed by atoms with van der Waals surface area (Å²) in [5.41, 5.74) is 18.9. The lowest BCUT2D eigenvalue weighted by Crippen LogP contribution is -2.10. The highest BCUT2D eigenvalue weighted by molar-refractivity contribution is 6.10. The molecule has 0 amide bonds. The molecule has 1 aromatic heterocycles. The van der Waals surface area contributed by atoms with E-state index in [1.165, 1.54) is 99.0 Å². The first-order valence-electron chi connectivity index (χ1n) is 24.1. The van der Waals surface area contributed by atoms with E-state index in [-0.39, 0.29) is 0 Å². The van der Waals surface area contributed by atoms with E-state index >= 15 is 0 Å². The van der Waals surface area contributed by atoms with Crippen LogP contribution in [0.15, 0.2) is 279 Å². The molecule has 0 saturated carbocycles. The highest BCUT2D eigenvalue weighted by Gasteiger charge is 2.19. The summed E-state index contributed by atoms with van der Waals surface area (Å²) < 4.78 is 2.38. The normalized spacial score (nSPS) is 11.4. The van der Waals surface area contributed by atoms with Crippen LogP contribution < -0.4 is 4.90 Å². The molecule has 0 fully saturated rings. The molecule has 12 aromatic carbocycles. The highest BCUT2D eigenvalue weighted by Crippen LogP contribution is 2.44. The summed E-state index contributed by atoms with van der Waals surface area (Å²) in [6.45, 7) is 0. The van der Waals surface area contributed by atoms with Crippen LogP contribution in [0, 0.1) is 0 Å². The first-order valence-corrected chi connectivity index (χ1v) is 24.1. The number of hydrogen-bond acceptors (Lipinski definition) is 1. The number of rotatable bonds is 9. The fraction of sp³-hybridized carbons (Fsp3) is 0. The Morgan fingerprint density at radius 3 is 1.27 bits per heavy atom. The second kappa shape index (κ2) is 17.4. The number of benzene rings is 12. The minimum absolute atomic E-state index is 1.09. The van der Waals surface area contributed by atoms with Crippen LogP contribution in [-0.2, 0) is 0 Å². The van der Waals surface area contributed by atoms with Crippen LogP contribution in [0.2, 0.25) is 0 Å². The Hall–Kier alpha value is -9.24. The molecule has 0 radical (unpaired) electrons. The number of hydrogen-bond donors (Lipinski definition) is 0. The van der Waals surface area contributed by atoms with Crippen molar-refractivity contribution in [3.63, 3.8) is 0 Å². The minimum atomic E-state index is 1.09. The SMILES string of the molecule is c1ccc(-c2ccc(N(c3ccc(-c4ccc(-c5cccc(-n6c7ccccc7c7ccccc76)c5)cc4)cc3)c3ccc(-c4cccc5cccc(-c6ccccc6)c45)cc3)c3ccccc23)cc1. The molecule has 1 heterocycles. The van der Waals surface area contributed by atoms with E-state index in [1.807, 2.05) is 0 Å². The highest BCUT2D eigenvalue weighted by atomic mass is 15.1. The minimum Gasteiger partial charge on any atom is -0.310 e. The second-order valence-corrected chi connectivity index (χ2v) is 18.0. The molecule has 2 heteroatoms. The van der Waals surface area contributed by atoms with Gasteiger partial charge in [-0.15, -0.1) is 0 Å². The van der Waals surface area contributed by atoms with Crippen LogP contribution in [0.5, 0.6) is 0 Å². The average Bonchev–Trinajstić information content (AvgIpc) is 3.78. The molecule has 2 nitrogen and oxygen atoms in total. The summed E-state index contributed by atoms with van der Waals surface area (Å²) in [5, 5.41) is 7.44. The van der Waals surface area contributed by atoms with Gasteiger partial charge in [0.05, 0.1) is 16.7 Å². The molecular formula is C68H46N2. The van der Waals surface area contributed by atoms with Crippen molar-refractivity contribution in [3.8, 4) is 61.3 Å². The fourth-order valence-corrected chi connectivity index (χ4v) is 10.7. The van der Waals surface area contributed by atoms with Crippen molar-refractivity contribution in [1.29, 1.82) is 0 Å². The summed E-state index contributed by atoms with van der Waals surface area (Å²) in [7, 11) is 0. The summed E-state index contributed by atoms with van der Waals surface area (Å²) in [6.07, 6.45) is 0. The molecule has 0 saturated heterocycles. The topological polar surface area (TPSA) is 8.17 Å². The zero-order valence-electron chi connectivity index (χ0n) is 38.5.